The van der Waals surface area contributed by atoms with Crippen LogP contribution >= 0.6 is 0 Å². The van der Waals surface area contributed by atoms with Crippen LogP contribution in [0.15, 0.2) is 36.4 Å². The fraction of sp³-hybridized carbons (Fsp3) is 0.517. The van der Waals surface area contributed by atoms with E-state index < -0.39 is 6.09 Å². The normalized spacial score (nSPS) is 20.9. The second kappa shape index (κ2) is 12.2. The average Bonchev–Trinajstić information content (AvgIpc) is 3.35. The molecule has 0 radical (unpaired) electrons. The van der Waals surface area contributed by atoms with Crippen LogP contribution in [-0.2, 0) is 20.8 Å². The number of nitrogens with one attached hydrogen (secondary N) is 1. The van der Waals surface area contributed by atoms with E-state index in [9.17, 15) is 4.79 Å². The molecule has 6 rings (SSSR count). The van der Waals surface area contributed by atoms with Crippen molar-refractivity contribution in [1.82, 2.24) is 20.0 Å². The minimum Gasteiger partial charge on any atom is -0.494 e. The standard InChI is InChI=1S/C29H36N4O6/c34-29-30-7-3-12-36-23-5-6-26-25(19-23)28(31-33(26)27-4-1-2-11-38-27)22-16-21(20-39-29)17-24(18-22)37-15-10-32-8-13-35-14-9-32/h5-6,16-19,27H,1-4,7-15,20H2,(H,30,34). The molecule has 208 valence electrons. The fourth-order valence-corrected chi connectivity index (χ4v) is 5.29. The molecule has 2 aromatic carbocycles. The summed E-state index contributed by atoms with van der Waals surface area (Å²) in [5.74, 6) is 1.48. The number of hydrogen-bond donors (Lipinski definition) is 1. The first-order chi connectivity index (χ1) is 19.2. The van der Waals surface area contributed by atoms with Crippen molar-refractivity contribution in [3.8, 4) is 22.8 Å². The van der Waals surface area contributed by atoms with Crippen molar-refractivity contribution in [3.05, 3.63) is 42.0 Å². The number of cyclic esters (lactones) is 1. The first-order valence-electron chi connectivity index (χ1n) is 14.0. The third kappa shape index (κ3) is 6.29. The number of morpholine rings is 1. The minimum atomic E-state index is -0.452. The maximum Gasteiger partial charge on any atom is 0.407 e. The van der Waals surface area contributed by atoms with Crippen LogP contribution in [0, 0.1) is 0 Å². The van der Waals surface area contributed by atoms with Crippen LogP contribution in [0.4, 0.5) is 4.79 Å². The molecule has 1 amide bonds. The smallest absolute Gasteiger partial charge is 0.407 e. The highest BCUT2D eigenvalue weighted by atomic mass is 16.5. The molecule has 10 nitrogen and oxygen atoms in total. The molecule has 4 heterocycles. The van der Waals surface area contributed by atoms with E-state index >= 15 is 0 Å². The molecule has 1 aromatic heterocycles. The van der Waals surface area contributed by atoms with Gasteiger partial charge in [0.2, 0.25) is 0 Å². The van der Waals surface area contributed by atoms with Gasteiger partial charge in [-0.3, -0.25) is 4.90 Å². The molecule has 3 aromatic rings. The van der Waals surface area contributed by atoms with Crippen molar-refractivity contribution in [3.63, 3.8) is 0 Å². The van der Waals surface area contributed by atoms with Gasteiger partial charge in [-0.15, -0.1) is 0 Å². The van der Waals surface area contributed by atoms with Crippen LogP contribution < -0.4 is 14.8 Å². The lowest BCUT2D eigenvalue weighted by Gasteiger charge is -2.26. The molecule has 3 aliphatic rings. The number of benzene rings is 2. The lowest BCUT2D eigenvalue weighted by Crippen LogP contribution is -2.38. The van der Waals surface area contributed by atoms with Gasteiger partial charge in [-0.2, -0.15) is 5.10 Å². The summed E-state index contributed by atoms with van der Waals surface area (Å²) in [6.07, 6.45) is 3.22. The van der Waals surface area contributed by atoms with Crippen LogP contribution in [-0.4, -0.2) is 80.0 Å². The Morgan fingerprint density at radius 2 is 1.92 bits per heavy atom. The molecule has 2 fully saturated rings. The molecule has 2 saturated heterocycles. The minimum absolute atomic E-state index is 0.105. The Bertz CT molecular complexity index is 1280. The SMILES string of the molecule is O=C1NCCCOc2ccc3c(c2)c(nn3C2CCCCO2)-c2cc(cc(OCCN3CCOCC3)c2)CO1. The van der Waals surface area contributed by atoms with Crippen LogP contribution in [0.5, 0.6) is 11.5 Å². The fourth-order valence-electron chi connectivity index (χ4n) is 5.29. The van der Waals surface area contributed by atoms with Gasteiger partial charge in [0.1, 0.15) is 30.4 Å². The molecule has 0 spiro atoms. The van der Waals surface area contributed by atoms with Gasteiger partial charge in [0.25, 0.3) is 0 Å². The van der Waals surface area contributed by atoms with E-state index in [-0.39, 0.29) is 12.8 Å². The molecular formula is C29H36N4O6. The number of carbonyl (C=O) groups excluding carboxylic acids is 1. The van der Waals surface area contributed by atoms with Crippen molar-refractivity contribution in [2.45, 2.75) is 38.5 Å². The topological polar surface area (TPSA) is 96.3 Å². The number of hydrogen-bond acceptors (Lipinski definition) is 8. The largest absolute Gasteiger partial charge is 0.494 e. The number of fused-ring (bicyclic) bond motifs is 4. The van der Waals surface area contributed by atoms with Gasteiger partial charge in [0.15, 0.2) is 6.23 Å². The Morgan fingerprint density at radius 3 is 2.79 bits per heavy atom. The van der Waals surface area contributed by atoms with E-state index in [1.165, 1.54) is 0 Å². The van der Waals surface area contributed by atoms with Crippen LogP contribution in [0.25, 0.3) is 22.2 Å². The first kappa shape index (κ1) is 25.9. The predicted molar refractivity (Wildman–Crippen MR) is 145 cm³/mol. The molecule has 1 unspecified atom stereocenters. The lowest BCUT2D eigenvalue weighted by atomic mass is 10.0. The van der Waals surface area contributed by atoms with E-state index in [2.05, 4.69) is 22.3 Å². The molecule has 1 atom stereocenters. The van der Waals surface area contributed by atoms with Crippen molar-refractivity contribution in [2.75, 3.05) is 59.2 Å². The molecule has 3 aliphatic heterocycles. The Morgan fingerprint density at radius 1 is 1.00 bits per heavy atom. The summed E-state index contributed by atoms with van der Waals surface area (Å²) in [6, 6.07) is 12.1. The number of aromatic nitrogens is 2. The Kier molecular flexibility index (Phi) is 8.13. The summed E-state index contributed by atoms with van der Waals surface area (Å²) in [5, 5.41) is 8.87. The van der Waals surface area contributed by atoms with Crippen LogP contribution in [0.3, 0.4) is 0 Å². The maximum absolute atomic E-state index is 12.3. The summed E-state index contributed by atoms with van der Waals surface area (Å²) in [7, 11) is 0. The van der Waals surface area contributed by atoms with Crippen LogP contribution in [0.2, 0.25) is 0 Å². The molecule has 0 aliphatic carbocycles. The summed E-state index contributed by atoms with van der Waals surface area (Å²) < 4.78 is 31.3. The van der Waals surface area contributed by atoms with Crippen molar-refractivity contribution in [1.29, 1.82) is 0 Å². The zero-order chi connectivity index (χ0) is 26.4. The van der Waals surface area contributed by atoms with E-state index in [1.54, 1.807) is 0 Å². The summed E-state index contributed by atoms with van der Waals surface area (Å²) in [5.41, 5.74) is 3.55. The number of carbonyl (C=O) groups is 1. The molecule has 10 heteroatoms. The number of rotatable bonds is 5. The second-order valence-corrected chi connectivity index (χ2v) is 10.2. The quantitative estimate of drug-likeness (QED) is 0.520. The Balaban J connectivity index is 1.37. The van der Waals surface area contributed by atoms with E-state index in [1.807, 2.05) is 28.9 Å². The maximum atomic E-state index is 12.3. The van der Waals surface area contributed by atoms with E-state index in [0.29, 0.717) is 31.9 Å². The highest BCUT2D eigenvalue weighted by Crippen LogP contribution is 2.36. The molecule has 4 bridgehead atoms. The molecule has 39 heavy (non-hydrogen) atoms. The van der Waals surface area contributed by atoms with Gasteiger partial charge in [-0.1, -0.05) is 0 Å². The number of amides is 1. The molecular weight excluding hydrogens is 500 g/mol. The second-order valence-electron chi connectivity index (χ2n) is 10.2. The molecule has 0 saturated carbocycles. The van der Waals surface area contributed by atoms with Gasteiger partial charge < -0.3 is 29.0 Å². The predicted octanol–water partition coefficient (Wildman–Crippen LogP) is 4.12. The number of alkyl carbamates (subject to hydrolysis) is 1. The van der Waals surface area contributed by atoms with Crippen molar-refractivity contribution < 1.29 is 28.5 Å². The van der Waals surface area contributed by atoms with Crippen molar-refractivity contribution >= 4 is 17.0 Å². The number of nitrogens with zero attached hydrogens (tertiary/aromatic N) is 3. The third-order valence-electron chi connectivity index (χ3n) is 7.35. The Hall–Kier alpha value is -3.34. The lowest BCUT2D eigenvalue weighted by molar-refractivity contribution is -0.0365. The number of ether oxygens (including phenoxy) is 5. The molecule has 1 N–H and O–H groups in total. The van der Waals surface area contributed by atoms with Gasteiger partial charge in [-0.25, -0.2) is 9.48 Å². The van der Waals surface area contributed by atoms with Gasteiger partial charge in [0.05, 0.1) is 25.3 Å². The highest BCUT2D eigenvalue weighted by Gasteiger charge is 2.23. The van der Waals surface area contributed by atoms with Gasteiger partial charge >= 0.3 is 6.09 Å². The third-order valence-corrected chi connectivity index (χ3v) is 7.35. The summed E-state index contributed by atoms with van der Waals surface area (Å²) in [6.45, 7) is 6.52. The van der Waals surface area contributed by atoms with Gasteiger partial charge in [-0.05, 0) is 67.6 Å². The zero-order valence-electron chi connectivity index (χ0n) is 22.2. The first-order valence-corrected chi connectivity index (χ1v) is 14.0. The van der Waals surface area contributed by atoms with E-state index in [4.69, 9.17) is 28.8 Å². The Labute approximate surface area is 228 Å². The zero-order valence-corrected chi connectivity index (χ0v) is 22.2. The van der Waals surface area contributed by atoms with E-state index in [0.717, 1.165) is 92.2 Å². The average molecular weight is 537 g/mol. The van der Waals surface area contributed by atoms with Gasteiger partial charge in [0, 0.05) is 43.7 Å². The van der Waals surface area contributed by atoms with Crippen LogP contribution in [0.1, 0.15) is 37.5 Å². The summed E-state index contributed by atoms with van der Waals surface area (Å²) in [4.78, 5) is 14.6. The van der Waals surface area contributed by atoms with Crippen molar-refractivity contribution in [2.24, 2.45) is 0 Å². The monoisotopic (exact) mass is 536 g/mol. The highest BCUT2D eigenvalue weighted by molar-refractivity contribution is 5.94. The summed E-state index contributed by atoms with van der Waals surface area (Å²) >= 11 is 0.